The second kappa shape index (κ2) is 6.68. The fraction of sp³-hybridized carbons (Fsp3) is 0.333. The van der Waals surface area contributed by atoms with Gasteiger partial charge >= 0.3 is 0 Å². The third-order valence-corrected chi connectivity index (χ3v) is 2.16. The van der Waals surface area contributed by atoms with Gasteiger partial charge in [0.2, 0.25) is 0 Å². The Hall–Kier alpha value is -0.730. The van der Waals surface area contributed by atoms with Gasteiger partial charge in [0.15, 0.2) is 0 Å². The normalized spacial score (nSPS) is 11.0. The molecule has 0 aliphatic rings. The largest absolute Gasteiger partial charge is 0.313 e. The zero-order valence-corrected chi connectivity index (χ0v) is 9.43. The first kappa shape index (κ1) is 11.3. The van der Waals surface area contributed by atoms with E-state index in [2.05, 4.69) is 61.3 Å². The van der Waals surface area contributed by atoms with E-state index in [0.717, 1.165) is 18.8 Å². The molecule has 1 aromatic carbocycles. The van der Waals surface area contributed by atoms with Gasteiger partial charge in [-0.25, -0.2) is 0 Å². The van der Waals surface area contributed by atoms with Crippen LogP contribution < -0.4 is 5.32 Å². The summed E-state index contributed by atoms with van der Waals surface area (Å²) in [5.74, 6) is 0.789. The maximum Gasteiger partial charge on any atom is 0.0205 e. The summed E-state index contributed by atoms with van der Waals surface area (Å²) in [5, 5.41) is 3.31. The molecule has 1 aromatic rings. The summed E-state index contributed by atoms with van der Waals surface area (Å²) in [4.78, 5) is 0. The molecule has 0 saturated heterocycles. The number of benzene rings is 1. The van der Waals surface area contributed by atoms with E-state index in [-0.39, 0.29) is 0 Å². The summed E-state index contributed by atoms with van der Waals surface area (Å²) < 4.78 is 0. The predicted octanol–water partition coefficient (Wildman–Crippen LogP) is 2.74. The third kappa shape index (κ3) is 3.99. The lowest BCUT2D eigenvalue weighted by Gasteiger charge is -2.02. The van der Waals surface area contributed by atoms with Crippen molar-refractivity contribution in [3.05, 3.63) is 41.5 Å². The molecule has 0 heterocycles. The Balaban J connectivity index is 2.63. The van der Waals surface area contributed by atoms with Gasteiger partial charge in [-0.3, -0.25) is 0 Å². The van der Waals surface area contributed by atoms with E-state index in [9.17, 15) is 0 Å². The van der Waals surface area contributed by atoms with Gasteiger partial charge in [0.1, 0.15) is 0 Å². The highest BCUT2D eigenvalue weighted by Gasteiger charge is 1.91. The number of hydrogen-bond acceptors (Lipinski definition) is 2. The van der Waals surface area contributed by atoms with Crippen molar-refractivity contribution >= 4 is 18.7 Å². The Morgan fingerprint density at radius 2 is 2.29 bits per heavy atom. The molecule has 76 valence electrons. The topological polar surface area (TPSA) is 12.0 Å². The Morgan fingerprint density at radius 1 is 1.43 bits per heavy atom. The maximum atomic E-state index is 4.13. The average Bonchev–Trinajstić information content (AvgIpc) is 2.24. The molecule has 0 aliphatic carbocycles. The molecule has 0 atom stereocenters. The number of hydrogen-bond donors (Lipinski definition) is 2. The smallest absolute Gasteiger partial charge is 0.0205 e. The number of thiol groups is 1. The van der Waals surface area contributed by atoms with Crippen LogP contribution in [-0.2, 0) is 6.54 Å². The monoisotopic (exact) mass is 207 g/mol. The molecule has 1 nitrogen and oxygen atoms in total. The molecule has 0 unspecified atom stereocenters. The fourth-order valence-electron chi connectivity index (χ4n) is 1.26. The number of rotatable bonds is 5. The minimum atomic E-state index is 0.789. The van der Waals surface area contributed by atoms with Crippen LogP contribution in [0.3, 0.4) is 0 Å². The van der Waals surface area contributed by atoms with E-state index >= 15 is 0 Å². The Labute approximate surface area is 91.6 Å². The molecule has 0 radical (unpaired) electrons. The molecular weight excluding hydrogens is 190 g/mol. The molecule has 0 aromatic heterocycles. The van der Waals surface area contributed by atoms with Gasteiger partial charge in [-0.2, -0.15) is 12.6 Å². The zero-order chi connectivity index (χ0) is 10.2. The van der Waals surface area contributed by atoms with Crippen molar-refractivity contribution < 1.29 is 0 Å². The molecule has 2 heteroatoms. The van der Waals surface area contributed by atoms with Crippen molar-refractivity contribution in [1.82, 2.24) is 5.32 Å². The molecular formula is C12H17NS. The van der Waals surface area contributed by atoms with Crippen LogP contribution in [0.15, 0.2) is 30.3 Å². The quantitative estimate of drug-likeness (QED) is 0.708. The third-order valence-electron chi connectivity index (χ3n) is 1.95. The summed E-state index contributed by atoms with van der Waals surface area (Å²) in [6.07, 6.45) is 4.15. The second-order valence-corrected chi connectivity index (χ2v) is 3.48. The van der Waals surface area contributed by atoms with E-state index in [1.54, 1.807) is 0 Å². The van der Waals surface area contributed by atoms with Crippen molar-refractivity contribution in [2.24, 2.45) is 0 Å². The van der Waals surface area contributed by atoms with Gasteiger partial charge < -0.3 is 5.32 Å². The van der Waals surface area contributed by atoms with Crippen LogP contribution >= 0.6 is 12.6 Å². The van der Waals surface area contributed by atoms with Crippen LogP contribution in [0.1, 0.15) is 18.1 Å². The van der Waals surface area contributed by atoms with Crippen molar-refractivity contribution in [2.45, 2.75) is 13.5 Å². The molecule has 0 bridgehead atoms. The molecule has 14 heavy (non-hydrogen) atoms. The summed E-state index contributed by atoms with van der Waals surface area (Å²) >= 11 is 4.13. The lowest BCUT2D eigenvalue weighted by Crippen LogP contribution is -2.11. The average molecular weight is 207 g/mol. The molecule has 0 fully saturated rings. The Bertz CT molecular complexity index is 294. The van der Waals surface area contributed by atoms with Gasteiger partial charge in [-0.05, 0) is 17.7 Å². The highest BCUT2D eigenvalue weighted by molar-refractivity contribution is 7.80. The van der Waals surface area contributed by atoms with Crippen molar-refractivity contribution in [1.29, 1.82) is 0 Å². The molecule has 1 N–H and O–H groups in total. The summed E-state index contributed by atoms with van der Waals surface area (Å²) in [7, 11) is 0. The first-order valence-corrected chi connectivity index (χ1v) is 5.57. The first-order chi connectivity index (χ1) is 6.86. The highest BCUT2D eigenvalue weighted by atomic mass is 32.1. The lowest BCUT2D eigenvalue weighted by molar-refractivity contribution is 0.727. The van der Waals surface area contributed by atoms with Gasteiger partial charge in [-0.15, -0.1) is 0 Å². The van der Waals surface area contributed by atoms with E-state index in [1.807, 2.05) is 0 Å². The molecule has 0 aliphatic heterocycles. The molecule has 0 saturated carbocycles. The number of nitrogens with one attached hydrogen (secondary N) is 1. The van der Waals surface area contributed by atoms with Crippen LogP contribution in [-0.4, -0.2) is 12.3 Å². The first-order valence-electron chi connectivity index (χ1n) is 4.94. The van der Waals surface area contributed by atoms with Crippen LogP contribution in [0, 0.1) is 0 Å². The van der Waals surface area contributed by atoms with Crippen molar-refractivity contribution in [3.63, 3.8) is 0 Å². The van der Waals surface area contributed by atoms with Crippen LogP contribution in [0.4, 0.5) is 0 Å². The fourth-order valence-corrected chi connectivity index (χ4v) is 1.37. The minimum absolute atomic E-state index is 0.789. The van der Waals surface area contributed by atoms with Gasteiger partial charge in [0.05, 0.1) is 0 Å². The van der Waals surface area contributed by atoms with Crippen LogP contribution in [0.25, 0.3) is 6.08 Å². The molecule has 1 rings (SSSR count). The molecule has 0 amide bonds. The van der Waals surface area contributed by atoms with E-state index in [4.69, 9.17) is 0 Å². The Morgan fingerprint density at radius 3 is 3.00 bits per heavy atom. The standard InChI is InChI=1S/C12H17NS/c1-2-13-10-12-6-3-5-11(9-12)7-4-8-14/h3-7,9,13-14H,2,8,10H2,1H3. The van der Waals surface area contributed by atoms with Gasteiger partial charge in [-0.1, -0.05) is 43.3 Å². The highest BCUT2D eigenvalue weighted by Crippen LogP contribution is 2.07. The van der Waals surface area contributed by atoms with Crippen LogP contribution in [0.2, 0.25) is 0 Å². The van der Waals surface area contributed by atoms with E-state index < -0.39 is 0 Å². The summed E-state index contributed by atoms with van der Waals surface area (Å²) in [6, 6.07) is 8.53. The SMILES string of the molecule is CCNCc1cccc(C=CCS)c1. The van der Waals surface area contributed by atoms with E-state index in [0.29, 0.717) is 0 Å². The second-order valence-electron chi connectivity index (χ2n) is 3.11. The zero-order valence-electron chi connectivity index (χ0n) is 8.53. The molecule has 0 spiro atoms. The van der Waals surface area contributed by atoms with Crippen molar-refractivity contribution in [3.8, 4) is 0 Å². The maximum absolute atomic E-state index is 4.13. The van der Waals surface area contributed by atoms with Gasteiger partial charge in [0.25, 0.3) is 0 Å². The van der Waals surface area contributed by atoms with Crippen LogP contribution in [0.5, 0.6) is 0 Å². The van der Waals surface area contributed by atoms with Gasteiger partial charge in [0, 0.05) is 12.3 Å². The van der Waals surface area contributed by atoms with Crippen molar-refractivity contribution in [2.75, 3.05) is 12.3 Å². The summed E-state index contributed by atoms with van der Waals surface area (Å²) in [6.45, 7) is 4.07. The summed E-state index contributed by atoms with van der Waals surface area (Å²) in [5.41, 5.74) is 2.57. The lowest BCUT2D eigenvalue weighted by atomic mass is 10.1. The Kier molecular flexibility index (Phi) is 5.42. The minimum Gasteiger partial charge on any atom is -0.313 e. The van der Waals surface area contributed by atoms with E-state index in [1.165, 1.54) is 11.1 Å². The predicted molar refractivity (Wildman–Crippen MR) is 66.7 cm³/mol.